The van der Waals surface area contributed by atoms with Gasteiger partial charge in [-0.05, 0) is 37.6 Å². The first kappa shape index (κ1) is 19.0. The van der Waals surface area contributed by atoms with Crippen LogP contribution in [0.2, 0.25) is 0 Å². The van der Waals surface area contributed by atoms with Gasteiger partial charge >= 0.3 is 5.97 Å². The number of thioether (sulfide) groups is 1. The molecule has 1 fully saturated rings. The predicted octanol–water partition coefficient (Wildman–Crippen LogP) is 2.67. The van der Waals surface area contributed by atoms with E-state index in [9.17, 15) is 19.2 Å². The smallest absolute Gasteiger partial charge is 0.338 e. The molecule has 0 saturated carbocycles. The van der Waals surface area contributed by atoms with Gasteiger partial charge in [-0.2, -0.15) is 0 Å². The molecule has 8 heteroatoms. The summed E-state index contributed by atoms with van der Waals surface area (Å²) in [6, 6.07) is 6.27. The SMILES string of the molecule is CCCN1C(=O)S[C@H](CC(=O)Nc2ccc(C(=O)OCC)cc2)C1=O. The fraction of sp³-hybridized carbons (Fsp3) is 0.412. The summed E-state index contributed by atoms with van der Waals surface area (Å²) < 4.78 is 4.89. The van der Waals surface area contributed by atoms with Gasteiger partial charge in [0.2, 0.25) is 11.8 Å². The number of nitrogens with one attached hydrogen (secondary N) is 1. The van der Waals surface area contributed by atoms with Gasteiger partial charge in [-0.15, -0.1) is 0 Å². The minimum atomic E-state index is -0.683. The van der Waals surface area contributed by atoms with Gasteiger partial charge in [0.25, 0.3) is 5.24 Å². The molecule has 2 rings (SSSR count). The van der Waals surface area contributed by atoms with Gasteiger partial charge in [-0.1, -0.05) is 18.7 Å². The Kier molecular flexibility index (Phi) is 6.58. The Labute approximate surface area is 150 Å². The fourth-order valence-corrected chi connectivity index (χ4v) is 3.35. The third kappa shape index (κ3) is 4.82. The van der Waals surface area contributed by atoms with Crippen LogP contribution in [0.5, 0.6) is 0 Å². The highest BCUT2D eigenvalue weighted by atomic mass is 32.2. The van der Waals surface area contributed by atoms with Crippen LogP contribution in [0.3, 0.4) is 0 Å². The third-order valence-electron chi connectivity index (χ3n) is 3.50. The van der Waals surface area contributed by atoms with Gasteiger partial charge in [-0.3, -0.25) is 19.3 Å². The molecule has 25 heavy (non-hydrogen) atoms. The lowest BCUT2D eigenvalue weighted by Gasteiger charge is -2.12. The topological polar surface area (TPSA) is 92.8 Å². The Bertz CT molecular complexity index is 674. The van der Waals surface area contributed by atoms with Crippen LogP contribution in [-0.2, 0) is 14.3 Å². The van der Waals surface area contributed by atoms with Gasteiger partial charge in [0.1, 0.15) is 5.25 Å². The van der Waals surface area contributed by atoms with E-state index in [0.717, 1.165) is 11.8 Å². The van der Waals surface area contributed by atoms with Crippen molar-refractivity contribution >= 4 is 40.5 Å². The number of benzene rings is 1. The second-order valence-electron chi connectivity index (χ2n) is 5.41. The maximum absolute atomic E-state index is 12.1. The lowest BCUT2D eigenvalue weighted by Crippen LogP contribution is -2.33. The van der Waals surface area contributed by atoms with Crippen molar-refractivity contribution in [3.05, 3.63) is 29.8 Å². The number of carbonyl (C=O) groups is 4. The Morgan fingerprint density at radius 3 is 2.48 bits per heavy atom. The molecular formula is C17H20N2O5S. The molecule has 1 N–H and O–H groups in total. The molecule has 1 aromatic carbocycles. The highest BCUT2D eigenvalue weighted by molar-refractivity contribution is 8.15. The summed E-state index contributed by atoms with van der Waals surface area (Å²) in [4.78, 5) is 48.8. The minimum absolute atomic E-state index is 0.0743. The summed E-state index contributed by atoms with van der Waals surface area (Å²) in [7, 11) is 0. The van der Waals surface area contributed by atoms with Crippen molar-refractivity contribution in [3.63, 3.8) is 0 Å². The number of ether oxygens (including phenoxy) is 1. The van der Waals surface area contributed by atoms with Crippen LogP contribution >= 0.6 is 11.8 Å². The molecule has 1 aromatic rings. The van der Waals surface area contributed by atoms with Crippen LogP contribution in [0.4, 0.5) is 10.5 Å². The van der Waals surface area contributed by atoms with Crippen LogP contribution in [0.15, 0.2) is 24.3 Å². The standard InChI is InChI=1S/C17H20N2O5S/c1-3-9-19-15(21)13(25-17(19)23)10-14(20)18-12-7-5-11(6-8-12)16(22)24-4-2/h5-8,13H,3-4,9-10H2,1-2H3,(H,18,20)/t13-/m1/s1. The van der Waals surface area contributed by atoms with Crippen molar-refractivity contribution in [2.24, 2.45) is 0 Å². The van der Waals surface area contributed by atoms with Crippen molar-refractivity contribution in [2.75, 3.05) is 18.5 Å². The molecule has 1 heterocycles. The molecule has 3 amide bonds. The number of imide groups is 1. The van der Waals surface area contributed by atoms with Crippen molar-refractivity contribution in [3.8, 4) is 0 Å². The van der Waals surface area contributed by atoms with Gasteiger partial charge in [0.15, 0.2) is 0 Å². The average molecular weight is 364 g/mol. The molecule has 1 atom stereocenters. The van der Waals surface area contributed by atoms with Crippen LogP contribution in [-0.4, -0.2) is 46.3 Å². The Morgan fingerprint density at radius 1 is 1.20 bits per heavy atom. The Hall–Kier alpha value is -2.35. The molecule has 1 aliphatic rings. The maximum atomic E-state index is 12.1. The summed E-state index contributed by atoms with van der Waals surface area (Å²) in [6.07, 6.45) is 0.610. The number of anilines is 1. The van der Waals surface area contributed by atoms with E-state index in [1.165, 1.54) is 4.90 Å². The Morgan fingerprint density at radius 2 is 1.88 bits per heavy atom. The zero-order chi connectivity index (χ0) is 18.4. The normalized spacial score (nSPS) is 16.9. The zero-order valence-electron chi connectivity index (χ0n) is 14.1. The molecule has 134 valence electrons. The van der Waals surface area contributed by atoms with Crippen LogP contribution < -0.4 is 5.32 Å². The first-order valence-electron chi connectivity index (χ1n) is 8.05. The van der Waals surface area contributed by atoms with E-state index < -0.39 is 11.2 Å². The highest BCUT2D eigenvalue weighted by Gasteiger charge is 2.39. The van der Waals surface area contributed by atoms with Crippen LogP contribution in [0.1, 0.15) is 37.0 Å². The van der Waals surface area contributed by atoms with E-state index >= 15 is 0 Å². The van der Waals surface area contributed by atoms with Gasteiger partial charge in [0, 0.05) is 18.7 Å². The maximum Gasteiger partial charge on any atom is 0.338 e. The first-order valence-corrected chi connectivity index (χ1v) is 8.93. The molecule has 0 bridgehead atoms. The van der Waals surface area contributed by atoms with Crippen molar-refractivity contribution < 1.29 is 23.9 Å². The zero-order valence-corrected chi connectivity index (χ0v) is 14.9. The van der Waals surface area contributed by atoms with Crippen LogP contribution in [0, 0.1) is 0 Å². The third-order valence-corrected chi connectivity index (χ3v) is 4.58. The van der Waals surface area contributed by atoms with Gasteiger partial charge < -0.3 is 10.1 Å². The quantitative estimate of drug-likeness (QED) is 0.748. The average Bonchev–Trinajstić information content (AvgIpc) is 2.83. The summed E-state index contributed by atoms with van der Waals surface area (Å²) in [5.74, 6) is -1.10. The summed E-state index contributed by atoms with van der Waals surface area (Å²) in [6.45, 7) is 4.27. The predicted molar refractivity (Wildman–Crippen MR) is 94.4 cm³/mol. The number of amides is 3. The van der Waals surface area contributed by atoms with E-state index in [-0.39, 0.29) is 30.1 Å². The molecule has 1 saturated heterocycles. The number of esters is 1. The van der Waals surface area contributed by atoms with E-state index in [1.54, 1.807) is 31.2 Å². The van der Waals surface area contributed by atoms with E-state index in [2.05, 4.69) is 5.32 Å². The van der Waals surface area contributed by atoms with Gasteiger partial charge in [-0.25, -0.2) is 4.79 Å². The van der Waals surface area contributed by atoms with E-state index in [4.69, 9.17) is 4.74 Å². The lowest BCUT2D eigenvalue weighted by molar-refractivity contribution is -0.128. The monoisotopic (exact) mass is 364 g/mol. The minimum Gasteiger partial charge on any atom is -0.462 e. The molecule has 1 aliphatic heterocycles. The number of hydrogen-bond donors (Lipinski definition) is 1. The molecule has 0 aromatic heterocycles. The van der Waals surface area contributed by atoms with Gasteiger partial charge in [0.05, 0.1) is 12.2 Å². The summed E-state index contributed by atoms with van der Waals surface area (Å²) in [5, 5.41) is 1.68. The lowest BCUT2D eigenvalue weighted by atomic mass is 10.2. The largest absolute Gasteiger partial charge is 0.462 e. The van der Waals surface area contributed by atoms with Crippen molar-refractivity contribution in [2.45, 2.75) is 31.9 Å². The number of rotatable bonds is 7. The summed E-state index contributed by atoms with van der Waals surface area (Å²) >= 11 is 0.888. The number of hydrogen-bond acceptors (Lipinski definition) is 6. The number of carbonyl (C=O) groups excluding carboxylic acids is 4. The molecular weight excluding hydrogens is 344 g/mol. The highest BCUT2D eigenvalue weighted by Crippen LogP contribution is 2.29. The van der Waals surface area contributed by atoms with Crippen molar-refractivity contribution in [1.82, 2.24) is 4.90 Å². The Balaban J connectivity index is 1.91. The summed E-state index contributed by atoms with van der Waals surface area (Å²) in [5.41, 5.74) is 0.896. The van der Waals surface area contributed by atoms with Crippen LogP contribution in [0.25, 0.3) is 0 Å². The first-order chi connectivity index (χ1) is 12.0. The number of nitrogens with zero attached hydrogens (tertiary/aromatic N) is 1. The second kappa shape index (κ2) is 8.66. The second-order valence-corrected chi connectivity index (χ2v) is 6.57. The molecule has 7 nitrogen and oxygen atoms in total. The molecule has 0 spiro atoms. The van der Waals surface area contributed by atoms with Crippen molar-refractivity contribution in [1.29, 1.82) is 0 Å². The molecule has 0 aliphatic carbocycles. The van der Waals surface area contributed by atoms with E-state index in [1.807, 2.05) is 6.92 Å². The van der Waals surface area contributed by atoms with E-state index in [0.29, 0.717) is 24.2 Å². The molecule has 0 radical (unpaired) electrons. The fourth-order valence-electron chi connectivity index (χ4n) is 2.34. The molecule has 0 unspecified atom stereocenters.